The molecule has 1 unspecified atom stereocenters. The van der Waals surface area contributed by atoms with E-state index in [-0.39, 0.29) is 11.6 Å². The van der Waals surface area contributed by atoms with Crippen LogP contribution in [0.4, 0.5) is 5.69 Å². The van der Waals surface area contributed by atoms with Crippen LogP contribution in [0.1, 0.15) is 23.5 Å². The Morgan fingerprint density at radius 3 is 2.67 bits per heavy atom. The van der Waals surface area contributed by atoms with Crippen LogP contribution in [-0.4, -0.2) is 12.7 Å². The SMILES string of the molecule is C=CC(c1ccccc1)[C@@]12CCN[C@@H]1Nc1ccccc12. The van der Waals surface area contributed by atoms with Crippen molar-refractivity contribution in [2.45, 2.75) is 23.9 Å². The summed E-state index contributed by atoms with van der Waals surface area (Å²) < 4.78 is 0. The molecule has 3 atom stereocenters. The first-order valence-corrected chi connectivity index (χ1v) is 7.63. The molecule has 0 saturated carbocycles. The number of fused-ring (bicyclic) bond motifs is 3. The van der Waals surface area contributed by atoms with Crippen LogP contribution in [0.15, 0.2) is 67.3 Å². The predicted octanol–water partition coefficient (Wildman–Crippen LogP) is 3.64. The Morgan fingerprint density at radius 1 is 1.10 bits per heavy atom. The molecule has 2 aromatic rings. The normalized spacial score (nSPS) is 27.5. The van der Waals surface area contributed by atoms with Crippen molar-refractivity contribution in [3.63, 3.8) is 0 Å². The van der Waals surface area contributed by atoms with Crippen LogP contribution >= 0.6 is 0 Å². The van der Waals surface area contributed by atoms with Gasteiger partial charge in [0.05, 0.1) is 6.17 Å². The lowest BCUT2D eigenvalue weighted by molar-refractivity contribution is 0.378. The van der Waals surface area contributed by atoms with E-state index in [0.29, 0.717) is 5.92 Å². The molecule has 2 heterocycles. The smallest absolute Gasteiger partial charge is 0.0877 e. The number of hydrogen-bond donors (Lipinski definition) is 2. The lowest BCUT2D eigenvalue weighted by Gasteiger charge is -2.36. The average molecular weight is 276 g/mol. The summed E-state index contributed by atoms with van der Waals surface area (Å²) in [5, 5.41) is 7.29. The van der Waals surface area contributed by atoms with Gasteiger partial charge in [0.15, 0.2) is 0 Å². The highest BCUT2D eigenvalue weighted by Crippen LogP contribution is 2.53. The fourth-order valence-corrected chi connectivity index (χ4v) is 4.20. The van der Waals surface area contributed by atoms with E-state index >= 15 is 0 Å². The van der Waals surface area contributed by atoms with E-state index in [0.717, 1.165) is 13.0 Å². The van der Waals surface area contributed by atoms with Gasteiger partial charge in [-0.2, -0.15) is 0 Å². The molecular weight excluding hydrogens is 256 g/mol. The maximum Gasteiger partial charge on any atom is 0.0877 e. The summed E-state index contributed by atoms with van der Waals surface area (Å²) >= 11 is 0. The van der Waals surface area contributed by atoms with Crippen LogP contribution in [0.25, 0.3) is 0 Å². The lowest BCUT2D eigenvalue weighted by Crippen LogP contribution is -2.44. The Bertz CT molecular complexity index is 664. The Kier molecular flexibility index (Phi) is 2.86. The standard InChI is InChI=1S/C19H20N2/c1-2-15(14-8-4-3-5-9-14)19-12-13-20-18(19)21-17-11-7-6-10-16(17)19/h2-11,15,18,20-21H,1,12-13H2/t15?,18-,19-/m1/s1. The van der Waals surface area contributed by atoms with E-state index in [1.165, 1.54) is 16.8 Å². The Labute approximate surface area is 125 Å². The minimum absolute atomic E-state index is 0.0691. The molecule has 2 N–H and O–H groups in total. The topological polar surface area (TPSA) is 24.1 Å². The van der Waals surface area contributed by atoms with Gasteiger partial charge in [-0.1, -0.05) is 54.6 Å². The maximum absolute atomic E-state index is 4.15. The fourth-order valence-electron chi connectivity index (χ4n) is 4.20. The quantitative estimate of drug-likeness (QED) is 0.836. The highest BCUT2D eigenvalue weighted by atomic mass is 15.2. The average Bonchev–Trinajstić information content (AvgIpc) is 3.06. The molecule has 2 nitrogen and oxygen atoms in total. The van der Waals surface area contributed by atoms with Crippen LogP contribution in [0, 0.1) is 0 Å². The third-order valence-electron chi connectivity index (χ3n) is 5.08. The first-order valence-electron chi connectivity index (χ1n) is 7.63. The number of nitrogens with one attached hydrogen (secondary N) is 2. The zero-order valence-electron chi connectivity index (χ0n) is 12.0. The van der Waals surface area contributed by atoms with Gasteiger partial charge in [0.2, 0.25) is 0 Å². The zero-order valence-corrected chi connectivity index (χ0v) is 12.0. The largest absolute Gasteiger partial charge is 0.369 e. The van der Waals surface area contributed by atoms with Gasteiger partial charge in [-0.05, 0) is 30.2 Å². The molecule has 4 rings (SSSR count). The van der Waals surface area contributed by atoms with Crippen molar-refractivity contribution < 1.29 is 0 Å². The Morgan fingerprint density at radius 2 is 1.86 bits per heavy atom. The first kappa shape index (κ1) is 12.7. The second-order valence-electron chi connectivity index (χ2n) is 5.99. The molecule has 0 radical (unpaired) electrons. The molecule has 2 aliphatic heterocycles. The van der Waals surface area contributed by atoms with Gasteiger partial charge in [-0.3, -0.25) is 5.32 Å². The van der Waals surface area contributed by atoms with Gasteiger partial charge in [-0.15, -0.1) is 6.58 Å². The summed E-state index contributed by atoms with van der Waals surface area (Å²) in [5.41, 5.74) is 4.10. The number of allylic oxidation sites excluding steroid dienone is 1. The van der Waals surface area contributed by atoms with Crippen LogP contribution in [0.5, 0.6) is 0 Å². The third-order valence-corrected chi connectivity index (χ3v) is 5.08. The molecule has 0 aliphatic carbocycles. The number of para-hydroxylation sites is 1. The van der Waals surface area contributed by atoms with Gasteiger partial charge in [0, 0.05) is 17.0 Å². The van der Waals surface area contributed by atoms with Crippen molar-refractivity contribution in [2.24, 2.45) is 0 Å². The van der Waals surface area contributed by atoms with E-state index < -0.39 is 0 Å². The predicted molar refractivity (Wildman–Crippen MR) is 87.5 cm³/mol. The molecule has 0 aromatic heterocycles. The van der Waals surface area contributed by atoms with E-state index in [1.54, 1.807) is 0 Å². The number of anilines is 1. The third kappa shape index (κ3) is 1.69. The van der Waals surface area contributed by atoms with Crippen molar-refractivity contribution in [1.82, 2.24) is 5.32 Å². The van der Waals surface area contributed by atoms with Crippen LogP contribution in [0.2, 0.25) is 0 Å². The van der Waals surface area contributed by atoms with E-state index in [1.807, 2.05) is 0 Å². The highest BCUT2D eigenvalue weighted by Gasteiger charge is 2.54. The van der Waals surface area contributed by atoms with Crippen molar-refractivity contribution in [3.05, 3.63) is 78.4 Å². The van der Waals surface area contributed by atoms with E-state index in [9.17, 15) is 0 Å². The van der Waals surface area contributed by atoms with Crippen molar-refractivity contribution in [2.75, 3.05) is 11.9 Å². The lowest BCUT2D eigenvalue weighted by atomic mass is 9.66. The second kappa shape index (κ2) is 4.74. The van der Waals surface area contributed by atoms with Gasteiger partial charge in [-0.25, -0.2) is 0 Å². The van der Waals surface area contributed by atoms with Gasteiger partial charge in [0.1, 0.15) is 0 Å². The monoisotopic (exact) mass is 276 g/mol. The second-order valence-corrected chi connectivity index (χ2v) is 5.99. The zero-order chi connectivity index (χ0) is 14.3. The maximum atomic E-state index is 4.15. The van der Waals surface area contributed by atoms with Gasteiger partial charge in [0.25, 0.3) is 0 Å². The summed E-state index contributed by atoms with van der Waals surface area (Å²) in [7, 11) is 0. The number of benzene rings is 2. The van der Waals surface area contributed by atoms with Crippen molar-refractivity contribution in [1.29, 1.82) is 0 Å². The van der Waals surface area contributed by atoms with Crippen LogP contribution in [0.3, 0.4) is 0 Å². The fraction of sp³-hybridized carbons (Fsp3) is 0.263. The molecule has 1 saturated heterocycles. The number of rotatable bonds is 3. The minimum atomic E-state index is 0.0691. The molecule has 0 amide bonds. The van der Waals surface area contributed by atoms with E-state index in [4.69, 9.17) is 0 Å². The van der Waals surface area contributed by atoms with E-state index in [2.05, 4.69) is 77.9 Å². The highest BCUT2D eigenvalue weighted by molar-refractivity contribution is 5.64. The van der Waals surface area contributed by atoms with Gasteiger partial charge < -0.3 is 5.32 Å². The van der Waals surface area contributed by atoms with Crippen LogP contribution < -0.4 is 10.6 Å². The summed E-state index contributed by atoms with van der Waals surface area (Å²) in [6.07, 6.45) is 3.55. The molecule has 2 heteroatoms. The summed E-state index contributed by atoms with van der Waals surface area (Å²) in [6, 6.07) is 19.5. The Hall–Kier alpha value is -2.06. The molecule has 1 fully saturated rings. The summed E-state index contributed by atoms with van der Waals surface area (Å²) in [4.78, 5) is 0. The Balaban J connectivity index is 1.89. The molecule has 21 heavy (non-hydrogen) atoms. The summed E-state index contributed by atoms with van der Waals surface area (Å²) in [5.74, 6) is 0.315. The molecule has 0 bridgehead atoms. The molecule has 106 valence electrons. The first-order chi connectivity index (χ1) is 10.4. The van der Waals surface area contributed by atoms with Crippen molar-refractivity contribution >= 4 is 5.69 Å². The van der Waals surface area contributed by atoms with Crippen molar-refractivity contribution in [3.8, 4) is 0 Å². The summed E-state index contributed by atoms with van der Waals surface area (Å²) in [6.45, 7) is 5.20. The molecule has 2 aliphatic rings. The van der Waals surface area contributed by atoms with Gasteiger partial charge >= 0.3 is 0 Å². The molecule has 2 aromatic carbocycles. The van der Waals surface area contributed by atoms with Crippen LogP contribution in [-0.2, 0) is 5.41 Å². The molecule has 0 spiro atoms. The number of hydrogen-bond acceptors (Lipinski definition) is 2. The molecular formula is C19H20N2. The minimum Gasteiger partial charge on any atom is -0.369 e.